The standard InChI is InChI=1S/C7H7BrN2O4S/c1-9(15(13)14)7-4-5(8)2-3-6(7)10(11)12/h2-4,15H,1H3. The minimum absolute atomic E-state index is 0.0329. The summed E-state index contributed by atoms with van der Waals surface area (Å²) in [6, 6.07) is 4.10. The number of halogens is 1. The Hall–Kier alpha value is -1.15. The molecule has 0 aliphatic carbocycles. The second-order valence-corrected chi connectivity index (χ2v) is 4.64. The maximum absolute atomic E-state index is 10.7. The highest BCUT2D eigenvalue weighted by atomic mass is 79.9. The number of nitrogens with zero attached hydrogens (tertiary/aromatic N) is 2. The van der Waals surface area contributed by atoms with Crippen LogP contribution in [0.25, 0.3) is 0 Å². The van der Waals surface area contributed by atoms with Crippen LogP contribution in [0.5, 0.6) is 0 Å². The fourth-order valence-electron chi connectivity index (χ4n) is 0.998. The van der Waals surface area contributed by atoms with Gasteiger partial charge in [0.15, 0.2) is 0 Å². The van der Waals surface area contributed by atoms with Crippen molar-refractivity contribution in [1.82, 2.24) is 0 Å². The zero-order chi connectivity index (χ0) is 11.6. The summed E-state index contributed by atoms with van der Waals surface area (Å²) in [5.41, 5.74) is -0.217. The lowest BCUT2D eigenvalue weighted by atomic mass is 10.3. The number of hydrogen-bond donors (Lipinski definition) is 1. The summed E-state index contributed by atoms with van der Waals surface area (Å²) in [4.78, 5) is 10.00. The predicted molar refractivity (Wildman–Crippen MR) is 59.5 cm³/mol. The molecule has 0 heterocycles. The minimum atomic E-state index is -2.88. The third kappa shape index (κ3) is 2.66. The van der Waals surface area contributed by atoms with E-state index in [1.807, 2.05) is 0 Å². The van der Waals surface area contributed by atoms with Crippen LogP contribution < -0.4 is 4.31 Å². The van der Waals surface area contributed by atoms with Crippen molar-refractivity contribution in [1.29, 1.82) is 0 Å². The molecular weight excluding hydrogens is 288 g/mol. The van der Waals surface area contributed by atoms with Crippen LogP contribution in [0, 0.1) is 10.1 Å². The van der Waals surface area contributed by atoms with E-state index in [0.717, 1.165) is 4.31 Å². The van der Waals surface area contributed by atoms with Gasteiger partial charge in [0.1, 0.15) is 5.69 Å². The lowest BCUT2D eigenvalue weighted by Gasteiger charge is -2.11. The summed E-state index contributed by atoms with van der Waals surface area (Å²) in [5.74, 6) is 0. The van der Waals surface area contributed by atoms with E-state index < -0.39 is 15.8 Å². The van der Waals surface area contributed by atoms with Crippen LogP contribution in [-0.2, 0) is 10.9 Å². The van der Waals surface area contributed by atoms with Gasteiger partial charge in [-0.15, -0.1) is 0 Å². The smallest absolute Gasteiger partial charge is 0.269 e. The molecule has 0 saturated carbocycles. The van der Waals surface area contributed by atoms with Crippen molar-refractivity contribution in [3.05, 3.63) is 32.8 Å². The average molecular weight is 295 g/mol. The molecule has 1 rings (SSSR count). The summed E-state index contributed by atoms with van der Waals surface area (Å²) < 4.78 is 22.8. The predicted octanol–water partition coefficient (Wildman–Crippen LogP) is 1.32. The third-order valence-corrected chi connectivity index (χ3v) is 2.93. The van der Waals surface area contributed by atoms with E-state index in [2.05, 4.69) is 15.9 Å². The fraction of sp³-hybridized carbons (Fsp3) is 0.143. The zero-order valence-corrected chi connectivity index (χ0v) is 10.1. The molecule has 0 N–H and O–H groups in total. The number of nitro benzene ring substituents is 1. The van der Waals surface area contributed by atoms with Gasteiger partial charge >= 0.3 is 0 Å². The molecule has 0 aromatic heterocycles. The highest BCUT2D eigenvalue weighted by molar-refractivity contribution is 9.10. The molecular formula is C7H7BrN2O4S. The highest BCUT2D eigenvalue weighted by Gasteiger charge is 2.18. The van der Waals surface area contributed by atoms with Crippen molar-refractivity contribution < 1.29 is 13.3 Å². The van der Waals surface area contributed by atoms with Crippen molar-refractivity contribution in [2.75, 3.05) is 11.4 Å². The van der Waals surface area contributed by atoms with Gasteiger partial charge in [-0.3, -0.25) is 14.4 Å². The van der Waals surface area contributed by atoms with Crippen LogP contribution in [0.4, 0.5) is 11.4 Å². The first-order valence-corrected chi connectivity index (χ1v) is 5.68. The zero-order valence-electron chi connectivity index (χ0n) is 7.58. The summed E-state index contributed by atoms with van der Waals surface area (Å²) in [7, 11) is -1.63. The molecule has 0 fully saturated rings. The van der Waals surface area contributed by atoms with Gasteiger partial charge in [0.25, 0.3) is 5.69 Å². The van der Waals surface area contributed by atoms with Crippen LogP contribution in [0.1, 0.15) is 0 Å². The van der Waals surface area contributed by atoms with Crippen molar-refractivity contribution in [2.45, 2.75) is 0 Å². The molecule has 0 amide bonds. The van der Waals surface area contributed by atoms with Crippen LogP contribution in [0.3, 0.4) is 0 Å². The summed E-state index contributed by atoms with van der Waals surface area (Å²) in [6.07, 6.45) is 0. The minimum Gasteiger partial charge on any atom is -0.269 e. The van der Waals surface area contributed by atoms with Gasteiger partial charge in [0.05, 0.1) is 4.92 Å². The molecule has 1 aromatic rings. The second-order valence-electron chi connectivity index (χ2n) is 2.65. The monoisotopic (exact) mass is 294 g/mol. The van der Waals surface area contributed by atoms with E-state index in [1.54, 1.807) is 0 Å². The van der Waals surface area contributed by atoms with Crippen LogP contribution in [-0.4, -0.2) is 20.4 Å². The Bertz CT molecular complexity index is 466. The van der Waals surface area contributed by atoms with Crippen LogP contribution in [0.15, 0.2) is 22.7 Å². The lowest BCUT2D eigenvalue weighted by Crippen LogP contribution is -2.15. The molecule has 0 radical (unpaired) electrons. The Balaban J connectivity index is 3.36. The van der Waals surface area contributed by atoms with Crippen LogP contribution >= 0.6 is 15.9 Å². The van der Waals surface area contributed by atoms with Gasteiger partial charge in [-0.1, -0.05) is 15.9 Å². The first-order valence-electron chi connectivity index (χ1n) is 3.75. The van der Waals surface area contributed by atoms with E-state index in [1.165, 1.54) is 25.2 Å². The van der Waals surface area contributed by atoms with E-state index in [0.29, 0.717) is 4.47 Å². The molecule has 0 bridgehead atoms. The molecule has 1 aromatic carbocycles. The molecule has 15 heavy (non-hydrogen) atoms. The number of nitro groups is 1. The highest BCUT2D eigenvalue weighted by Crippen LogP contribution is 2.30. The average Bonchev–Trinajstić information content (AvgIpc) is 2.15. The van der Waals surface area contributed by atoms with Gasteiger partial charge in [-0.05, 0) is 12.1 Å². The third-order valence-electron chi connectivity index (χ3n) is 1.73. The number of anilines is 1. The molecule has 0 atom stereocenters. The first kappa shape index (κ1) is 11.9. The van der Waals surface area contributed by atoms with Crippen molar-refractivity contribution in [3.8, 4) is 0 Å². The second kappa shape index (κ2) is 4.58. The summed E-state index contributed by atoms with van der Waals surface area (Å²) in [6.45, 7) is 0. The lowest BCUT2D eigenvalue weighted by molar-refractivity contribution is -0.384. The largest absolute Gasteiger partial charge is 0.293 e. The van der Waals surface area contributed by atoms with E-state index in [4.69, 9.17) is 0 Å². The number of rotatable bonds is 3. The Kier molecular flexibility index (Phi) is 3.64. The molecule has 0 unspecified atom stereocenters. The molecule has 0 aliphatic heterocycles. The molecule has 6 nitrogen and oxygen atoms in total. The van der Waals surface area contributed by atoms with E-state index >= 15 is 0 Å². The molecule has 8 heteroatoms. The first-order chi connectivity index (χ1) is 6.93. The number of benzene rings is 1. The molecule has 0 aliphatic rings. The van der Waals surface area contributed by atoms with Gasteiger partial charge in [-0.2, -0.15) is 0 Å². The molecule has 0 spiro atoms. The maximum atomic E-state index is 10.7. The Morgan fingerprint density at radius 3 is 2.53 bits per heavy atom. The van der Waals surface area contributed by atoms with Gasteiger partial charge in [0.2, 0.25) is 10.9 Å². The Labute approximate surface area is 95.9 Å². The number of hydrogen-bond acceptors (Lipinski definition) is 4. The van der Waals surface area contributed by atoms with Crippen molar-refractivity contribution >= 4 is 38.2 Å². The quantitative estimate of drug-likeness (QED) is 0.518. The fourth-order valence-corrected chi connectivity index (χ4v) is 1.68. The maximum Gasteiger partial charge on any atom is 0.293 e. The summed E-state index contributed by atoms with van der Waals surface area (Å²) in [5, 5.41) is 10.6. The molecule has 82 valence electrons. The van der Waals surface area contributed by atoms with E-state index in [9.17, 15) is 18.5 Å². The SMILES string of the molecule is CN(c1cc(Br)ccc1[N+](=O)[O-])[SH](=O)=O. The van der Waals surface area contributed by atoms with Gasteiger partial charge in [0, 0.05) is 17.6 Å². The molecule has 0 saturated heterocycles. The Morgan fingerprint density at radius 2 is 2.07 bits per heavy atom. The van der Waals surface area contributed by atoms with Gasteiger partial charge < -0.3 is 0 Å². The topological polar surface area (TPSA) is 80.5 Å². The van der Waals surface area contributed by atoms with E-state index in [-0.39, 0.29) is 11.4 Å². The normalized spacial score (nSPS) is 10.3. The van der Waals surface area contributed by atoms with Crippen LogP contribution in [0.2, 0.25) is 0 Å². The number of thiol groups is 1. The van der Waals surface area contributed by atoms with Crippen molar-refractivity contribution in [3.63, 3.8) is 0 Å². The van der Waals surface area contributed by atoms with Crippen molar-refractivity contribution in [2.24, 2.45) is 0 Å². The Morgan fingerprint density at radius 1 is 1.47 bits per heavy atom. The summed E-state index contributed by atoms with van der Waals surface area (Å²) >= 11 is 3.12. The van der Waals surface area contributed by atoms with Gasteiger partial charge in [-0.25, -0.2) is 8.42 Å².